The van der Waals surface area contributed by atoms with E-state index >= 15 is 0 Å². The first kappa shape index (κ1) is 10.5. The van der Waals surface area contributed by atoms with Crippen molar-refractivity contribution >= 4 is 0 Å². The van der Waals surface area contributed by atoms with Crippen molar-refractivity contribution in [2.24, 2.45) is 5.73 Å². The van der Waals surface area contributed by atoms with Gasteiger partial charge in [-0.25, -0.2) is 8.78 Å². The van der Waals surface area contributed by atoms with E-state index in [2.05, 4.69) is 4.90 Å². The molecule has 2 rings (SSSR count). The van der Waals surface area contributed by atoms with Gasteiger partial charge < -0.3 is 5.73 Å². The van der Waals surface area contributed by atoms with Crippen LogP contribution in [0.4, 0.5) is 8.78 Å². The summed E-state index contributed by atoms with van der Waals surface area (Å²) >= 11 is 0. The SMILES string of the molecule is NCC1CCN1Cc1ccc(F)cc1F. The Hall–Kier alpha value is -1.00. The molecule has 15 heavy (non-hydrogen) atoms. The summed E-state index contributed by atoms with van der Waals surface area (Å²) in [5, 5.41) is 0. The van der Waals surface area contributed by atoms with Crippen LogP contribution < -0.4 is 5.73 Å². The van der Waals surface area contributed by atoms with Crippen LogP contribution in [0.1, 0.15) is 12.0 Å². The molecule has 1 aliphatic heterocycles. The Bertz CT molecular complexity index is 352. The monoisotopic (exact) mass is 212 g/mol. The average Bonchev–Trinajstić information content (AvgIpc) is 2.15. The molecule has 0 bridgehead atoms. The van der Waals surface area contributed by atoms with E-state index in [1.807, 2.05) is 0 Å². The van der Waals surface area contributed by atoms with Crippen LogP contribution in [-0.2, 0) is 6.54 Å². The second-order valence-electron chi connectivity index (χ2n) is 3.88. The van der Waals surface area contributed by atoms with Crippen LogP contribution in [0.15, 0.2) is 18.2 Å². The highest BCUT2D eigenvalue weighted by molar-refractivity contribution is 5.18. The molecule has 1 fully saturated rings. The average molecular weight is 212 g/mol. The Morgan fingerprint density at radius 1 is 1.40 bits per heavy atom. The third-order valence-corrected chi connectivity index (χ3v) is 2.93. The van der Waals surface area contributed by atoms with Gasteiger partial charge in [-0.3, -0.25) is 4.90 Å². The summed E-state index contributed by atoms with van der Waals surface area (Å²) in [6.45, 7) is 2.06. The minimum absolute atomic E-state index is 0.356. The van der Waals surface area contributed by atoms with Gasteiger partial charge in [0.1, 0.15) is 11.6 Å². The molecule has 2 nitrogen and oxygen atoms in total. The van der Waals surface area contributed by atoms with E-state index in [4.69, 9.17) is 5.73 Å². The maximum atomic E-state index is 13.3. The summed E-state index contributed by atoms with van der Waals surface area (Å²) in [7, 11) is 0. The minimum Gasteiger partial charge on any atom is -0.329 e. The van der Waals surface area contributed by atoms with Crippen LogP contribution in [0.5, 0.6) is 0 Å². The summed E-state index contributed by atoms with van der Waals surface area (Å²) in [5.41, 5.74) is 6.08. The molecule has 0 amide bonds. The molecule has 2 N–H and O–H groups in total. The lowest BCUT2D eigenvalue weighted by molar-refractivity contribution is 0.0868. The molecule has 1 unspecified atom stereocenters. The van der Waals surface area contributed by atoms with Crippen molar-refractivity contribution in [1.82, 2.24) is 4.90 Å². The standard InChI is InChI=1S/C11H14F2N2/c12-9-2-1-8(11(13)5-9)7-15-4-3-10(15)6-14/h1-2,5,10H,3-4,6-7,14H2. The fraction of sp³-hybridized carbons (Fsp3) is 0.455. The van der Waals surface area contributed by atoms with E-state index in [0.717, 1.165) is 19.0 Å². The Labute approximate surface area is 87.7 Å². The topological polar surface area (TPSA) is 29.3 Å². The van der Waals surface area contributed by atoms with Crippen molar-refractivity contribution in [3.8, 4) is 0 Å². The predicted molar refractivity (Wildman–Crippen MR) is 54.2 cm³/mol. The first-order chi connectivity index (χ1) is 7.20. The first-order valence-electron chi connectivity index (χ1n) is 5.08. The molecule has 0 spiro atoms. The number of nitrogens with two attached hydrogens (primary N) is 1. The number of rotatable bonds is 3. The molecule has 82 valence electrons. The summed E-state index contributed by atoms with van der Waals surface area (Å²) in [5.74, 6) is -1.01. The predicted octanol–water partition coefficient (Wildman–Crippen LogP) is 1.50. The number of hydrogen-bond donors (Lipinski definition) is 1. The fourth-order valence-electron chi connectivity index (χ4n) is 1.84. The molecule has 0 saturated carbocycles. The van der Waals surface area contributed by atoms with Crippen LogP contribution in [0, 0.1) is 11.6 Å². The number of halogens is 2. The third kappa shape index (κ3) is 2.16. The molecule has 4 heteroatoms. The summed E-state index contributed by atoms with van der Waals surface area (Å²) in [6, 6.07) is 4.06. The molecular formula is C11H14F2N2. The number of hydrogen-bond acceptors (Lipinski definition) is 2. The van der Waals surface area contributed by atoms with Crippen molar-refractivity contribution in [2.45, 2.75) is 19.0 Å². The smallest absolute Gasteiger partial charge is 0.130 e. The van der Waals surface area contributed by atoms with Gasteiger partial charge in [0, 0.05) is 37.3 Å². The fourth-order valence-corrected chi connectivity index (χ4v) is 1.84. The zero-order valence-electron chi connectivity index (χ0n) is 8.42. The number of benzene rings is 1. The Kier molecular flexibility index (Phi) is 2.98. The third-order valence-electron chi connectivity index (χ3n) is 2.93. The van der Waals surface area contributed by atoms with Crippen molar-refractivity contribution in [1.29, 1.82) is 0 Å². The summed E-state index contributed by atoms with van der Waals surface area (Å²) in [6.07, 6.45) is 1.07. The van der Waals surface area contributed by atoms with Gasteiger partial charge in [0.25, 0.3) is 0 Å². The normalized spacial score (nSPS) is 21.4. The summed E-state index contributed by atoms with van der Waals surface area (Å²) < 4.78 is 26.0. The van der Waals surface area contributed by atoms with Crippen LogP contribution in [0.3, 0.4) is 0 Å². The van der Waals surface area contributed by atoms with Crippen molar-refractivity contribution in [3.63, 3.8) is 0 Å². The van der Waals surface area contributed by atoms with Gasteiger partial charge >= 0.3 is 0 Å². The van der Waals surface area contributed by atoms with E-state index < -0.39 is 11.6 Å². The highest BCUT2D eigenvalue weighted by Crippen LogP contribution is 2.21. The lowest BCUT2D eigenvalue weighted by Crippen LogP contribution is -2.51. The lowest BCUT2D eigenvalue weighted by Gasteiger charge is -2.40. The Morgan fingerprint density at radius 3 is 2.73 bits per heavy atom. The molecule has 1 aromatic rings. The van der Waals surface area contributed by atoms with Gasteiger partial charge in [-0.15, -0.1) is 0 Å². The largest absolute Gasteiger partial charge is 0.329 e. The van der Waals surface area contributed by atoms with Gasteiger partial charge in [0.05, 0.1) is 0 Å². The van der Waals surface area contributed by atoms with E-state index in [1.165, 1.54) is 12.1 Å². The Balaban J connectivity index is 2.04. The zero-order valence-corrected chi connectivity index (χ0v) is 8.42. The van der Waals surface area contributed by atoms with Crippen LogP contribution in [0.25, 0.3) is 0 Å². The number of nitrogens with zero attached hydrogens (tertiary/aromatic N) is 1. The second kappa shape index (κ2) is 4.24. The van der Waals surface area contributed by atoms with E-state index in [-0.39, 0.29) is 0 Å². The minimum atomic E-state index is -0.532. The van der Waals surface area contributed by atoms with E-state index in [1.54, 1.807) is 0 Å². The summed E-state index contributed by atoms with van der Waals surface area (Å²) in [4.78, 5) is 2.11. The van der Waals surface area contributed by atoms with Crippen molar-refractivity contribution < 1.29 is 8.78 Å². The zero-order chi connectivity index (χ0) is 10.8. The Morgan fingerprint density at radius 2 is 2.20 bits per heavy atom. The van der Waals surface area contributed by atoms with Gasteiger partial charge in [0.2, 0.25) is 0 Å². The van der Waals surface area contributed by atoms with Gasteiger partial charge in [-0.1, -0.05) is 6.07 Å². The van der Waals surface area contributed by atoms with E-state index in [9.17, 15) is 8.78 Å². The first-order valence-corrected chi connectivity index (χ1v) is 5.08. The molecule has 1 heterocycles. The second-order valence-corrected chi connectivity index (χ2v) is 3.88. The highest BCUT2D eigenvalue weighted by Gasteiger charge is 2.26. The molecule has 0 aromatic heterocycles. The van der Waals surface area contributed by atoms with Crippen LogP contribution in [0.2, 0.25) is 0 Å². The molecule has 1 atom stereocenters. The van der Waals surface area contributed by atoms with Crippen LogP contribution in [-0.4, -0.2) is 24.0 Å². The molecule has 1 aliphatic rings. The highest BCUT2D eigenvalue weighted by atomic mass is 19.1. The lowest BCUT2D eigenvalue weighted by atomic mass is 10.0. The van der Waals surface area contributed by atoms with E-state index in [0.29, 0.717) is 24.7 Å². The van der Waals surface area contributed by atoms with Gasteiger partial charge in [0.15, 0.2) is 0 Å². The molecule has 1 aromatic carbocycles. The quantitative estimate of drug-likeness (QED) is 0.822. The maximum Gasteiger partial charge on any atom is 0.130 e. The molecular weight excluding hydrogens is 198 g/mol. The maximum absolute atomic E-state index is 13.3. The van der Waals surface area contributed by atoms with Crippen LogP contribution >= 0.6 is 0 Å². The molecule has 1 saturated heterocycles. The van der Waals surface area contributed by atoms with Crippen molar-refractivity contribution in [3.05, 3.63) is 35.4 Å². The van der Waals surface area contributed by atoms with Crippen molar-refractivity contribution in [2.75, 3.05) is 13.1 Å². The van der Waals surface area contributed by atoms with Gasteiger partial charge in [-0.2, -0.15) is 0 Å². The molecule has 0 aliphatic carbocycles. The van der Waals surface area contributed by atoms with Gasteiger partial charge in [-0.05, 0) is 12.5 Å². The number of likely N-dealkylation sites (tertiary alicyclic amines) is 1. The molecule has 0 radical (unpaired) electrons.